The number of aromatic nitrogens is 3. The quantitative estimate of drug-likeness (QED) is 0.0960. The molecule has 6 rings (SSSR count). The van der Waals surface area contributed by atoms with Crippen molar-refractivity contribution < 1.29 is 57.9 Å². The normalized spacial score (nSPS) is 13.4. The van der Waals surface area contributed by atoms with Crippen LogP contribution in [-0.2, 0) is 39.4 Å². The summed E-state index contributed by atoms with van der Waals surface area (Å²) in [5, 5.41) is 52.1. The summed E-state index contributed by atoms with van der Waals surface area (Å²) in [5.74, 6) is -2.48. The molecule has 0 amide bonds. The number of aromatic amines is 1. The number of nitrogens with one attached hydrogen (secondary N) is 1. The van der Waals surface area contributed by atoms with Crippen molar-refractivity contribution in [1.29, 1.82) is 10.5 Å². The summed E-state index contributed by atoms with van der Waals surface area (Å²) < 4.78 is 64.4. The Balaban J connectivity index is 0.000000253. The molecule has 0 unspecified atom stereocenters. The van der Waals surface area contributed by atoms with Gasteiger partial charge in [0.2, 0.25) is 5.95 Å². The zero-order valence-corrected chi connectivity index (χ0v) is 32.3. The monoisotopic (exact) mass is 863 g/mol. The molecule has 4 heterocycles. The van der Waals surface area contributed by atoms with Crippen LogP contribution in [0.25, 0.3) is 4.72 Å². The number of hydrogen-bond donors (Lipinski definition) is 3. The molecule has 0 spiro atoms. The van der Waals surface area contributed by atoms with E-state index in [2.05, 4.69) is 45.0 Å². The number of imidazole rings is 1. The third kappa shape index (κ3) is 9.91. The summed E-state index contributed by atoms with van der Waals surface area (Å²) in [4.78, 5) is 37.1. The summed E-state index contributed by atoms with van der Waals surface area (Å²) in [6.07, 6.45) is 3.49. The van der Waals surface area contributed by atoms with Crippen LogP contribution in [0, 0.1) is 22.7 Å². The Hall–Kier alpha value is -6.45. The van der Waals surface area contributed by atoms with Crippen LogP contribution in [0.15, 0.2) is 62.9 Å². The third-order valence-electron chi connectivity index (χ3n) is 8.69. The van der Waals surface area contributed by atoms with Crippen LogP contribution in [-0.4, -0.2) is 77.2 Å². The molecule has 0 bridgehead atoms. The Morgan fingerprint density at radius 3 is 2.24 bits per heavy atom. The van der Waals surface area contributed by atoms with Gasteiger partial charge in [0.25, 0.3) is 0 Å². The number of alkyl halides is 3. The first-order chi connectivity index (χ1) is 27.1. The van der Waals surface area contributed by atoms with Crippen molar-refractivity contribution in [3.63, 3.8) is 0 Å². The minimum atomic E-state index is -5.82. The number of H-pyrrole nitrogens is 1. The predicted molar refractivity (Wildman–Crippen MR) is 198 cm³/mol. The zero-order chi connectivity index (χ0) is 41.5. The van der Waals surface area contributed by atoms with E-state index in [1.807, 2.05) is 19.9 Å². The number of nitrogens with zero attached hydrogens (tertiary/aromatic N) is 11. The summed E-state index contributed by atoms with van der Waals surface area (Å²) in [6.45, 7) is 6.58. The molecule has 2 aromatic carbocycles. The number of hydrogen-bond acceptors (Lipinski definition) is 14. The summed E-state index contributed by atoms with van der Waals surface area (Å²) in [7, 11) is -5.82. The molecule has 3 N–H and O–H groups in total. The molecule has 306 valence electrons. The molecule has 0 radical (unpaired) electrons. The number of carboxylic acids is 2. The standard InChI is InChI=1S/C18H15N7O2.C17H18F3N5O4S.Ni/c19-8-13-14(9-20)22-18(21-13)24-23-12-7-10-3-1-5-25-6-2-4-11(16(10)25)15(12)17(26)27;1-3-25(4-2)11-8-9-12(14(10-11)24-30(28,29)17(18,19)20)22-23-15-7-5-6-13(21-15)16(26)27;/h7H,1-6H2,(H,21,22)(H,26,27);5-10H,3-4H2,1-2H3,(H2,21,23,24,26,27);/p-1. The molecule has 0 atom stereocenters. The van der Waals surface area contributed by atoms with Gasteiger partial charge >= 0.3 is 17.4 Å². The summed E-state index contributed by atoms with van der Waals surface area (Å²) in [5.41, 5.74) is -2.96. The molecule has 0 aliphatic carbocycles. The Kier molecular flexibility index (Phi) is 14.2. The molecular formula is C35H32F3N12NiO6S-. The first-order valence-electron chi connectivity index (χ1n) is 17.1. The van der Waals surface area contributed by atoms with Crippen molar-refractivity contribution in [1.82, 2.24) is 15.0 Å². The number of nitriles is 2. The molecule has 4 aromatic rings. The van der Waals surface area contributed by atoms with Gasteiger partial charge < -0.3 is 29.7 Å². The van der Waals surface area contributed by atoms with Gasteiger partial charge in [-0.15, -0.1) is 15.3 Å². The number of anilines is 2. The van der Waals surface area contributed by atoms with Gasteiger partial charge in [0.05, 0.1) is 11.3 Å². The topological polar surface area (TPSA) is 268 Å². The van der Waals surface area contributed by atoms with Gasteiger partial charge in [-0.25, -0.2) is 23.0 Å². The second-order valence-corrected chi connectivity index (χ2v) is 13.8. The largest absolute Gasteiger partial charge is 0.568 e. The maximum absolute atomic E-state index is 12.8. The molecular weight excluding hydrogens is 832 g/mol. The van der Waals surface area contributed by atoms with Crippen LogP contribution >= 0.6 is 0 Å². The second-order valence-electron chi connectivity index (χ2n) is 12.2. The summed E-state index contributed by atoms with van der Waals surface area (Å²) >= 11 is 0. The van der Waals surface area contributed by atoms with Gasteiger partial charge in [-0.05, 0) is 81.0 Å². The van der Waals surface area contributed by atoms with E-state index in [-0.39, 0.29) is 62.3 Å². The van der Waals surface area contributed by atoms with E-state index >= 15 is 0 Å². The van der Waals surface area contributed by atoms with Gasteiger partial charge in [0.15, 0.2) is 32.9 Å². The Morgan fingerprint density at radius 1 is 0.948 bits per heavy atom. The van der Waals surface area contributed by atoms with Crippen LogP contribution in [0.2, 0.25) is 0 Å². The smallest absolute Gasteiger partial charge is 0.483 e. The minimum Gasteiger partial charge on any atom is -0.568 e. The van der Waals surface area contributed by atoms with Crippen molar-refractivity contribution in [3.8, 4) is 12.1 Å². The van der Waals surface area contributed by atoms with Crippen LogP contribution in [0.5, 0.6) is 0 Å². The Bertz CT molecular complexity index is 2430. The molecule has 18 nitrogen and oxygen atoms in total. The SMILES string of the molecule is CCN(CC)c1ccc(N=Nc2cccc(C(=O)O)n2)c([N-]S(=O)(=O)C(F)(F)F)c1.N#Cc1nc(N=Nc2cc3c4c(c2C(=O)O)CCCN4CCC3)[nH]c1C#N.[Ni]. The number of sulfonamides is 1. The van der Waals surface area contributed by atoms with Crippen LogP contribution in [0.4, 0.5) is 53.4 Å². The first kappa shape index (κ1) is 44.3. The first-order valence-corrected chi connectivity index (χ1v) is 18.6. The number of benzene rings is 2. The van der Waals surface area contributed by atoms with E-state index in [0.29, 0.717) is 25.2 Å². The minimum absolute atomic E-state index is 0. The number of carbonyl (C=O) groups is 2. The molecule has 0 saturated carbocycles. The maximum Gasteiger partial charge on any atom is 0.483 e. The fraction of sp³-hybridized carbons (Fsp3) is 0.314. The fourth-order valence-corrected chi connectivity index (χ4v) is 6.68. The maximum atomic E-state index is 12.8. The van der Waals surface area contributed by atoms with Crippen molar-refractivity contribution in [2.75, 3.05) is 36.0 Å². The van der Waals surface area contributed by atoms with Gasteiger partial charge in [0, 0.05) is 54.0 Å². The predicted octanol–water partition coefficient (Wildman–Crippen LogP) is 7.86. The third-order valence-corrected chi connectivity index (χ3v) is 9.71. The van der Waals surface area contributed by atoms with Crippen LogP contribution < -0.4 is 9.80 Å². The van der Waals surface area contributed by atoms with Crippen molar-refractivity contribution in [2.45, 2.75) is 45.0 Å². The average molecular weight is 864 g/mol. The number of rotatable bonds is 11. The Labute approximate surface area is 339 Å². The van der Waals surface area contributed by atoms with Gasteiger partial charge in [-0.1, -0.05) is 17.8 Å². The number of aromatic carboxylic acids is 2. The zero-order valence-electron chi connectivity index (χ0n) is 30.5. The van der Waals surface area contributed by atoms with E-state index in [1.54, 1.807) is 17.0 Å². The van der Waals surface area contributed by atoms with Gasteiger partial charge in [0.1, 0.15) is 17.8 Å². The number of aryl methyl sites for hydroxylation is 1. The number of halogens is 3. The summed E-state index contributed by atoms with van der Waals surface area (Å²) in [6, 6.07) is 13.3. The molecule has 2 aliphatic rings. The van der Waals surface area contributed by atoms with Crippen LogP contribution in [0.3, 0.4) is 0 Å². The van der Waals surface area contributed by atoms with E-state index in [0.717, 1.165) is 55.2 Å². The molecule has 23 heteroatoms. The number of azo groups is 2. The Morgan fingerprint density at radius 2 is 1.64 bits per heavy atom. The van der Waals surface area contributed by atoms with Gasteiger partial charge in [-0.3, -0.25) is 0 Å². The fourth-order valence-electron chi connectivity index (χ4n) is 6.17. The average Bonchev–Trinajstić information content (AvgIpc) is 3.59. The van der Waals surface area contributed by atoms with E-state index in [4.69, 9.17) is 15.6 Å². The molecule has 0 fully saturated rings. The molecule has 58 heavy (non-hydrogen) atoms. The van der Waals surface area contributed by atoms with Crippen molar-refractivity contribution in [2.24, 2.45) is 20.5 Å². The molecule has 0 saturated heterocycles. The molecule has 2 aromatic heterocycles. The van der Waals surface area contributed by atoms with E-state index < -0.39 is 33.2 Å². The molecule has 2 aliphatic heterocycles. The van der Waals surface area contributed by atoms with Crippen molar-refractivity contribution in [3.05, 3.63) is 81.0 Å². The van der Waals surface area contributed by atoms with E-state index in [1.165, 1.54) is 30.3 Å². The number of pyridine rings is 1. The van der Waals surface area contributed by atoms with E-state index in [9.17, 15) is 36.3 Å². The second kappa shape index (κ2) is 18.7. The number of carboxylic acid groups (broad SMARTS) is 2. The van der Waals surface area contributed by atoms with Gasteiger partial charge in [-0.2, -0.15) is 33.8 Å². The van der Waals surface area contributed by atoms with Crippen LogP contribution in [0.1, 0.15) is 70.1 Å². The van der Waals surface area contributed by atoms with Crippen molar-refractivity contribution >= 4 is 62.2 Å².